The van der Waals surface area contributed by atoms with Gasteiger partial charge in [-0.3, -0.25) is 9.89 Å². The van der Waals surface area contributed by atoms with Gasteiger partial charge in [-0.1, -0.05) is 11.8 Å². The minimum absolute atomic E-state index is 0.217. The van der Waals surface area contributed by atoms with E-state index in [1.807, 2.05) is 43.0 Å². The van der Waals surface area contributed by atoms with Gasteiger partial charge in [-0.2, -0.15) is 0 Å². The molecule has 0 aliphatic carbocycles. The highest BCUT2D eigenvalue weighted by Crippen LogP contribution is 2.22. The predicted octanol–water partition coefficient (Wildman–Crippen LogP) is 3.22. The quantitative estimate of drug-likeness (QED) is 0.556. The first kappa shape index (κ1) is 18.3. The maximum atomic E-state index is 11.9. The van der Waals surface area contributed by atoms with Crippen LogP contribution >= 0.6 is 11.8 Å². The Morgan fingerprint density at radius 2 is 1.96 bits per heavy atom. The van der Waals surface area contributed by atoms with Crippen molar-refractivity contribution in [2.24, 2.45) is 0 Å². The number of hydrogen-bond donors (Lipinski definition) is 1. The van der Waals surface area contributed by atoms with Crippen LogP contribution in [0.1, 0.15) is 26.7 Å². The van der Waals surface area contributed by atoms with Crippen molar-refractivity contribution in [1.82, 2.24) is 20.1 Å². The van der Waals surface area contributed by atoms with Crippen LogP contribution in [0.5, 0.6) is 5.75 Å². The van der Waals surface area contributed by atoms with Crippen molar-refractivity contribution < 1.29 is 9.53 Å². The molecule has 0 saturated carbocycles. The van der Waals surface area contributed by atoms with Gasteiger partial charge in [0.15, 0.2) is 5.82 Å². The van der Waals surface area contributed by atoms with Crippen molar-refractivity contribution >= 4 is 17.7 Å². The predicted molar refractivity (Wildman–Crippen MR) is 96.3 cm³/mol. The third kappa shape index (κ3) is 4.99. The van der Waals surface area contributed by atoms with Crippen molar-refractivity contribution in [3.05, 3.63) is 24.3 Å². The first-order valence-electron chi connectivity index (χ1n) is 8.15. The van der Waals surface area contributed by atoms with Crippen molar-refractivity contribution in [3.63, 3.8) is 0 Å². The van der Waals surface area contributed by atoms with E-state index in [-0.39, 0.29) is 5.91 Å². The lowest BCUT2D eigenvalue weighted by atomic mass is 10.2. The molecule has 1 heterocycles. The molecule has 0 atom stereocenters. The number of carbonyl (C=O) groups excluding carboxylic acids is 1. The molecule has 24 heavy (non-hydrogen) atoms. The molecule has 0 aliphatic heterocycles. The molecule has 0 unspecified atom stereocenters. The number of benzene rings is 1. The Morgan fingerprint density at radius 1 is 1.25 bits per heavy atom. The molecule has 130 valence electrons. The second-order valence-electron chi connectivity index (χ2n) is 5.21. The Kier molecular flexibility index (Phi) is 7.11. The Balaban J connectivity index is 1.80. The van der Waals surface area contributed by atoms with Gasteiger partial charge in [0.25, 0.3) is 0 Å². The summed E-state index contributed by atoms with van der Waals surface area (Å²) >= 11 is 1.56. The van der Waals surface area contributed by atoms with E-state index >= 15 is 0 Å². The number of hydrogen-bond acceptors (Lipinski definition) is 5. The van der Waals surface area contributed by atoms with E-state index < -0.39 is 0 Å². The van der Waals surface area contributed by atoms with Gasteiger partial charge in [-0.05, 0) is 44.5 Å². The summed E-state index contributed by atoms with van der Waals surface area (Å²) in [6.07, 6.45) is 1.40. The van der Waals surface area contributed by atoms with Crippen LogP contribution in [0.3, 0.4) is 0 Å². The van der Waals surface area contributed by atoms with E-state index in [0.717, 1.165) is 42.4 Å². The molecule has 2 aromatic rings. The lowest BCUT2D eigenvalue weighted by molar-refractivity contribution is -0.130. The summed E-state index contributed by atoms with van der Waals surface area (Å²) in [5.41, 5.74) is 0.965. The molecule has 0 aliphatic rings. The normalized spacial score (nSPS) is 10.6. The molecule has 0 bridgehead atoms. The van der Waals surface area contributed by atoms with Gasteiger partial charge >= 0.3 is 0 Å². The smallest absolute Gasteiger partial charge is 0.222 e. The van der Waals surface area contributed by atoms with E-state index in [4.69, 9.17) is 4.74 Å². The molecule has 6 nitrogen and oxygen atoms in total. The molecule has 0 radical (unpaired) electrons. The third-order valence-corrected chi connectivity index (χ3v) is 4.64. The van der Waals surface area contributed by atoms with Gasteiger partial charge in [0.1, 0.15) is 5.75 Å². The van der Waals surface area contributed by atoms with Crippen molar-refractivity contribution in [1.29, 1.82) is 0 Å². The number of methoxy groups -OCH3 is 1. The lowest BCUT2D eigenvalue weighted by Crippen LogP contribution is -2.30. The molecule has 0 saturated heterocycles. The van der Waals surface area contributed by atoms with E-state index in [2.05, 4.69) is 15.2 Å². The molecule has 1 aromatic heterocycles. The fourth-order valence-corrected chi connectivity index (χ4v) is 3.05. The summed E-state index contributed by atoms with van der Waals surface area (Å²) < 4.78 is 5.15. The van der Waals surface area contributed by atoms with Crippen LogP contribution in [0.4, 0.5) is 0 Å². The number of nitrogens with zero attached hydrogens (tertiary/aromatic N) is 3. The standard InChI is InChI=1S/C17H24N4O2S/c1-4-21(5-2)15(22)7-6-12-24-17-18-16(19-20-17)13-8-10-14(23-3)11-9-13/h8-11H,4-7,12H2,1-3H3,(H,18,19,20). The van der Waals surface area contributed by atoms with Crippen LogP contribution in [-0.2, 0) is 4.79 Å². The monoisotopic (exact) mass is 348 g/mol. The van der Waals surface area contributed by atoms with Crippen LogP contribution in [0.25, 0.3) is 11.4 Å². The third-order valence-electron chi connectivity index (χ3n) is 3.71. The van der Waals surface area contributed by atoms with Crippen LogP contribution in [0.15, 0.2) is 29.4 Å². The summed E-state index contributed by atoms with van der Waals surface area (Å²) in [5, 5.41) is 7.87. The number of carbonyl (C=O) groups is 1. The van der Waals surface area contributed by atoms with Gasteiger partial charge in [0, 0.05) is 30.8 Å². The molecule has 7 heteroatoms. The first-order chi connectivity index (χ1) is 11.7. The summed E-state index contributed by atoms with van der Waals surface area (Å²) in [6.45, 7) is 5.55. The zero-order valence-electron chi connectivity index (χ0n) is 14.4. The van der Waals surface area contributed by atoms with Crippen LogP contribution in [-0.4, -0.2) is 51.9 Å². The molecule has 0 spiro atoms. The summed E-state index contributed by atoms with van der Waals surface area (Å²) in [6, 6.07) is 7.67. The van der Waals surface area contributed by atoms with E-state index in [1.165, 1.54) is 0 Å². The van der Waals surface area contributed by atoms with Gasteiger partial charge in [0.2, 0.25) is 11.1 Å². The zero-order valence-corrected chi connectivity index (χ0v) is 15.2. The fourth-order valence-electron chi connectivity index (χ4n) is 2.31. The number of rotatable bonds is 9. The highest BCUT2D eigenvalue weighted by atomic mass is 32.2. The van der Waals surface area contributed by atoms with Crippen molar-refractivity contribution in [2.75, 3.05) is 26.0 Å². The molecule has 0 fully saturated rings. The molecule has 1 amide bonds. The molecular formula is C17H24N4O2S. The highest BCUT2D eigenvalue weighted by molar-refractivity contribution is 7.99. The van der Waals surface area contributed by atoms with E-state index in [1.54, 1.807) is 18.9 Å². The van der Waals surface area contributed by atoms with Crippen LogP contribution in [0, 0.1) is 0 Å². The number of H-pyrrole nitrogens is 1. The average Bonchev–Trinajstić information content (AvgIpc) is 3.09. The minimum atomic E-state index is 0.217. The Labute approximate surface area is 147 Å². The summed E-state index contributed by atoms with van der Waals surface area (Å²) in [4.78, 5) is 18.3. The van der Waals surface area contributed by atoms with E-state index in [0.29, 0.717) is 11.6 Å². The number of aromatic amines is 1. The first-order valence-corrected chi connectivity index (χ1v) is 9.13. The second-order valence-corrected chi connectivity index (χ2v) is 6.28. The summed E-state index contributed by atoms with van der Waals surface area (Å²) in [5.74, 6) is 2.59. The van der Waals surface area contributed by atoms with Crippen LogP contribution < -0.4 is 4.74 Å². The lowest BCUT2D eigenvalue weighted by Gasteiger charge is -2.18. The van der Waals surface area contributed by atoms with Gasteiger partial charge < -0.3 is 9.64 Å². The Morgan fingerprint density at radius 3 is 2.58 bits per heavy atom. The van der Waals surface area contributed by atoms with Gasteiger partial charge in [-0.25, -0.2) is 4.98 Å². The number of thioether (sulfide) groups is 1. The molecular weight excluding hydrogens is 324 g/mol. The number of amides is 1. The van der Waals surface area contributed by atoms with Gasteiger partial charge in [-0.15, -0.1) is 5.10 Å². The number of ether oxygens (including phenoxy) is 1. The van der Waals surface area contributed by atoms with Crippen LogP contribution in [0.2, 0.25) is 0 Å². The molecule has 2 rings (SSSR count). The second kappa shape index (κ2) is 9.32. The van der Waals surface area contributed by atoms with Crippen molar-refractivity contribution in [2.45, 2.75) is 31.8 Å². The number of nitrogens with one attached hydrogen (secondary N) is 1. The maximum Gasteiger partial charge on any atom is 0.222 e. The van der Waals surface area contributed by atoms with Gasteiger partial charge in [0.05, 0.1) is 7.11 Å². The largest absolute Gasteiger partial charge is 0.497 e. The molecule has 1 aromatic carbocycles. The maximum absolute atomic E-state index is 11.9. The number of aromatic nitrogens is 3. The topological polar surface area (TPSA) is 71.1 Å². The highest BCUT2D eigenvalue weighted by Gasteiger charge is 2.10. The fraction of sp³-hybridized carbons (Fsp3) is 0.471. The van der Waals surface area contributed by atoms with E-state index in [9.17, 15) is 4.79 Å². The average molecular weight is 348 g/mol. The zero-order chi connectivity index (χ0) is 17.4. The molecule has 1 N–H and O–H groups in total. The summed E-state index contributed by atoms with van der Waals surface area (Å²) in [7, 11) is 1.64. The van der Waals surface area contributed by atoms with Crippen molar-refractivity contribution in [3.8, 4) is 17.1 Å². The Hall–Kier alpha value is -2.02. The Bertz CT molecular complexity index is 638. The minimum Gasteiger partial charge on any atom is -0.497 e. The SMILES string of the molecule is CCN(CC)C(=O)CCCSc1n[nH]c(-c2ccc(OC)cc2)n1.